The lowest BCUT2D eigenvalue weighted by Crippen LogP contribution is -2.11. The third-order valence-corrected chi connectivity index (χ3v) is 0.861. The molecule has 0 saturated heterocycles. The van der Waals surface area contributed by atoms with E-state index in [2.05, 4.69) is 5.32 Å². The standard InChI is InChI=1S/C7H11NO2/c1-3-4-5-7(10-2)8-6-9/h3-6H,1-2H3,(H,8,9)/b4-3-,7-5+. The van der Waals surface area contributed by atoms with Gasteiger partial charge in [0.2, 0.25) is 6.41 Å². The third-order valence-electron chi connectivity index (χ3n) is 0.861. The maximum absolute atomic E-state index is 9.88. The van der Waals surface area contributed by atoms with E-state index in [9.17, 15) is 4.79 Å². The number of ether oxygens (including phenoxy) is 1. The van der Waals surface area contributed by atoms with E-state index in [1.54, 1.807) is 12.2 Å². The summed E-state index contributed by atoms with van der Waals surface area (Å²) in [5.41, 5.74) is 0. The van der Waals surface area contributed by atoms with Crippen LogP contribution in [0.25, 0.3) is 0 Å². The first-order chi connectivity index (χ1) is 4.85. The molecule has 0 heterocycles. The van der Waals surface area contributed by atoms with Crippen LogP contribution in [0.15, 0.2) is 24.1 Å². The summed E-state index contributed by atoms with van der Waals surface area (Å²) in [6.45, 7) is 1.88. The smallest absolute Gasteiger partial charge is 0.213 e. The molecule has 56 valence electrons. The highest BCUT2D eigenvalue weighted by Gasteiger charge is 1.86. The molecule has 0 aromatic rings. The topological polar surface area (TPSA) is 38.3 Å². The number of rotatable bonds is 4. The van der Waals surface area contributed by atoms with E-state index in [1.807, 2.05) is 13.0 Å². The summed E-state index contributed by atoms with van der Waals surface area (Å²) in [5.74, 6) is 0.438. The van der Waals surface area contributed by atoms with Crippen LogP contribution >= 0.6 is 0 Å². The molecule has 0 spiro atoms. The number of hydrogen-bond donors (Lipinski definition) is 1. The molecule has 0 aliphatic rings. The first kappa shape index (κ1) is 8.75. The molecule has 0 aliphatic carbocycles. The van der Waals surface area contributed by atoms with Crippen molar-refractivity contribution in [1.82, 2.24) is 5.32 Å². The van der Waals surface area contributed by atoms with Gasteiger partial charge in [0, 0.05) is 0 Å². The highest BCUT2D eigenvalue weighted by molar-refractivity contribution is 5.49. The number of carbonyl (C=O) groups excluding carboxylic acids is 1. The van der Waals surface area contributed by atoms with Crippen LogP contribution in [0.4, 0.5) is 0 Å². The minimum absolute atomic E-state index is 0.438. The van der Waals surface area contributed by atoms with E-state index in [0.717, 1.165) is 0 Å². The lowest BCUT2D eigenvalue weighted by atomic mass is 10.5. The molecule has 0 aromatic heterocycles. The average molecular weight is 141 g/mol. The molecule has 1 N–H and O–H groups in total. The summed E-state index contributed by atoms with van der Waals surface area (Å²) >= 11 is 0. The second-order valence-corrected chi connectivity index (χ2v) is 1.52. The zero-order valence-electron chi connectivity index (χ0n) is 6.13. The molecule has 0 fully saturated rings. The summed E-state index contributed by atoms with van der Waals surface area (Å²) in [6, 6.07) is 0. The van der Waals surface area contributed by atoms with Gasteiger partial charge in [-0.2, -0.15) is 0 Å². The van der Waals surface area contributed by atoms with Crippen molar-refractivity contribution in [2.45, 2.75) is 6.92 Å². The van der Waals surface area contributed by atoms with Crippen molar-refractivity contribution < 1.29 is 9.53 Å². The fourth-order valence-corrected chi connectivity index (χ4v) is 0.417. The Bertz CT molecular complexity index is 150. The zero-order valence-corrected chi connectivity index (χ0v) is 6.13. The summed E-state index contributed by atoms with van der Waals surface area (Å²) in [4.78, 5) is 9.88. The van der Waals surface area contributed by atoms with Gasteiger partial charge in [0.05, 0.1) is 7.11 Å². The van der Waals surface area contributed by atoms with E-state index in [0.29, 0.717) is 12.3 Å². The van der Waals surface area contributed by atoms with Crippen molar-refractivity contribution in [2.75, 3.05) is 7.11 Å². The minimum atomic E-state index is 0.438. The van der Waals surface area contributed by atoms with Gasteiger partial charge in [-0.3, -0.25) is 10.1 Å². The fraction of sp³-hybridized carbons (Fsp3) is 0.286. The number of hydrogen-bond acceptors (Lipinski definition) is 2. The van der Waals surface area contributed by atoms with Gasteiger partial charge in [-0.15, -0.1) is 0 Å². The second-order valence-electron chi connectivity index (χ2n) is 1.52. The number of allylic oxidation sites excluding steroid dienone is 3. The summed E-state index contributed by atoms with van der Waals surface area (Å²) in [6.07, 6.45) is 5.84. The lowest BCUT2D eigenvalue weighted by molar-refractivity contribution is -0.109. The van der Waals surface area contributed by atoms with E-state index in [4.69, 9.17) is 4.74 Å². The van der Waals surface area contributed by atoms with Crippen molar-refractivity contribution >= 4 is 6.41 Å². The molecule has 3 nitrogen and oxygen atoms in total. The molecule has 0 radical (unpaired) electrons. The van der Waals surface area contributed by atoms with Crippen molar-refractivity contribution in [2.24, 2.45) is 0 Å². The van der Waals surface area contributed by atoms with E-state index in [1.165, 1.54) is 7.11 Å². The highest BCUT2D eigenvalue weighted by atomic mass is 16.5. The first-order valence-electron chi connectivity index (χ1n) is 2.92. The number of carbonyl (C=O) groups is 1. The van der Waals surface area contributed by atoms with Crippen molar-refractivity contribution in [3.63, 3.8) is 0 Å². The van der Waals surface area contributed by atoms with Gasteiger partial charge in [-0.1, -0.05) is 12.2 Å². The molecule has 0 rings (SSSR count). The molecule has 0 saturated carbocycles. The van der Waals surface area contributed by atoms with Crippen LogP contribution in [0.5, 0.6) is 0 Å². The fourth-order valence-electron chi connectivity index (χ4n) is 0.417. The molecule has 0 atom stereocenters. The molecule has 0 aliphatic heterocycles. The summed E-state index contributed by atoms with van der Waals surface area (Å²) < 4.78 is 4.76. The maximum Gasteiger partial charge on any atom is 0.213 e. The molecular weight excluding hydrogens is 130 g/mol. The molecular formula is C7H11NO2. The largest absolute Gasteiger partial charge is 0.482 e. The van der Waals surface area contributed by atoms with Gasteiger partial charge in [0.25, 0.3) is 0 Å². The van der Waals surface area contributed by atoms with E-state index < -0.39 is 0 Å². The molecule has 0 unspecified atom stereocenters. The Labute approximate surface area is 60.4 Å². The maximum atomic E-state index is 9.88. The van der Waals surface area contributed by atoms with Crippen LogP contribution in [0.3, 0.4) is 0 Å². The van der Waals surface area contributed by atoms with Crippen LogP contribution < -0.4 is 5.32 Å². The molecule has 10 heavy (non-hydrogen) atoms. The second kappa shape index (κ2) is 5.88. The normalized spacial score (nSPS) is 11.6. The van der Waals surface area contributed by atoms with Crippen molar-refractivity contribution in [1.29, 1.82) is 0 Å². The molecule has 0 bridgehead atoms. The summed E-state index contributed by atoms with van der Waals surface area (Å²) in [7, 11) is 1.49. The van der Waals surface area contributed by atoms with Crippen molar-refractivity contribution in [3.05, 3.63) is 24.1 Å². The lowest BCUT2D eigenvalue weighted by Gasteiger charge is -1.99. The van der Waals surface area contributed by atoms with Crippen molar-refractivity contribution in [3.8, 4) is 0 Å². The van der Waals surface area contributed by atoms with Crippen LogP contribution in [-0.2, 0) is 9.53 Å². The van der Waals surface area contributed by atoms with E-state index >= 15 is 0 Å². The Morgan fingerprint density at radius 2 is 2.30 bits per heavy atom. The average Bonchev–Trinajstić information content (AvgIpc) is 1.98. The van der Waals surface area contributed by atoms with E-state index in [-0.39, 0.29) is 0 Å². The molecule has 0 aromatic carbocycles. The number of nitrogens with one attached hydrogen (secondary N) is 1. The minimum Gasteiger partial charge on any atom is -0.482 e. The number of methoxy groups -OCH3 is 1. The predicted molar refractivity (Wildman–Crippen MR) is 39.1 cm³/mol. The Kier molecular flexibility index (Phi) is 5.14. The SMILES string of the molecule is C/C=C\C=C(/NC=O)OC. The quantitative estimate of drug-likeness (QED) is 0.357. The van der Waals surface area contributed by atoms with Gasteiger partial charge < -0.3 is 4.74 Å². The van der Waals surface area contributed by atoms with Crippen LogP contribution in [0.2, 0.25) is 0 Å². The van der Waals surface area contributed by atoms with Gasteiger partial charge in [0.1, 0.15) is 0 Å². The Balaban J connectivity index is 3.89. The van der Waals surface area contributed by atoms with Crippen LogP contribution in [0.1, 0.15) is 6.92 Å². The molecule has 1 amide bonds. The zero-order chi connectivity index (χ0) is 7.82. The monoisotopic (exact) mass is 141 g/mol. The number of amides is 1. The van der Waals surface area contributed by atoms with Crippen LogP contribution in [0, 0.1) is 0 Å². The van der Waals surface area contributed by atoms with Gasteiger partial charge >= 0.3 is 0 Å². The molecule has 3 heteroatoms. The summed E-state index contributed by atoms with van der Waals surface area (Å²) in [5, 5.41) is 2.37. The third kappa shape index (κ3) is 3.72. The Morgan fingerprint density at radius 3 is 2.70 bits per heavy atom. The Hall–Kier alpha value is -1.25. The van der Waals surface area contributed by atoms with Gasteiger partial charge in [0.15, 0.2) is 5.88 Å². The first-order valence-corrected chi connectivity index (χ1v) is 2.92. The highest BCUT2D eigenvalue weighted by Crippen LogP contribution is 1.87. The van der Waals surface area contributed by atoms with Gasteiger partial charge in [-0.05, 0) is 13.0 Å². The predicted octanol–water partition coefficient (Wildman–Crippen LogP) is 0.796. The van der Waals surface area contributed by atoms with Crippen LogP contribution in [-0.4, -0.2) is 13.5 Å². The van der Waals surface area contributed by atoms with Gasteiger partial charge in [-0.25, -0.2) is 0 Å². The Morgan fingerprint density at radius 1 is 1.60 bits per heavy atom.